The van der Waals surface area contributed by atoms with Crippen LogP contribution in [-0.4, -0.2) is 34.4 Å². The maximum atomic E-state index is 13.1. The second-order valence-corrected chi connectivity index (χ2v) is 9.31. The molecular weight excluding hydrogens is 450 g/mol. The molecule has 0 saturated carbocycles. The summed E-state index contributed by atoms with van der Waals surface area (Å²) in [6.45, 7) is 3.17. The van der Waals surface area contributed by atoms with Crippen LogP contribution in [0, 0.1) is 6.92 Å². The summed E-state index contributed by atoms with van der Waals surface area (Å²) in [7, 11) is 0. The van der Waals surface area contributed by atoms with Gasteiger partial charge in [0.1, 0.15) is 23.8 Å². The first kappa shape index (κ1) is 20.7. The van der Waals surface area contributed by atoms with Crippen LogP contribution < -0.4 is 20.3 Å². The Morgan fingerprint density at radius 1 is 1.22 bits per heavy atom. The minimum atomic E-state index is -0.215. The van der Waals surface area contributed by atoms with E-state index in [1.807, 2.05) is 13.0 Å². The highest BCUT2D eigenvalue weighted by Crippen LogP contribution is 2.32. The van der Waals surface area contributed by atoms with Crippen molar-refractivity contribution < 1.29 is 18.7 Å². The Bertz CT molecular complexity index is 1340. The van der Waals surface area contributed by atoms with Crippen molar-refractivity contribution in [1.29, 1.82) is 0 Å². The van der Waals surface area contributed by atoms with Crippen LogP contribution in [0.2, 0.25) is 0 Å². The number of amides is 1. The molecule has 1 aliphatic rings. The highest BCUT2D eigenvalue weighted by molar-refractivity contribution is 7.99. The molecule has 0 aliphatic carbocycles. The Labute approximate surface area is 191 Å². The minimum absolute atomic E-state index is 0.0922. The molecule has 1 amide bonds. The Kier molecular flexibility index (Phi) is 5.62. The summed E-state index contributed by atoms with van der Waals surface area (Å²) in [5.41, 5.74) is 0.468. The van der Waals surface area contributed by atoms with E-state index in [0.717, 1.165) is 4.88 Å². The van der Waals surface area contributed by atoms with Crippen LogP contribution in [-0.2, 0) is 11.3 Å². The molecule has 0 fully saturated rings. The summed E-state index contributed by atoms with van der Waals surface area (Å²) in [6.07, 6.45) is 1.56. The van der Waals surface area contributed by atoms with Gasteiger partial charge < -0.3 is 19.2 Å². The lowest BCUT2D eigenvalue weighted by atomic mass is 10.2. The highest BCUT2D eigenvalue weighted by atomic mass is 32.2. The first-order valence-corrected chi connectivity index (χ1v) is 11.7. The molecule has 8 nitrogen and oxygen atoms in total. The van der Waals surface area contributed by atoms with Crippen molar-refractivity contribution in [3.8, 4) is 11.5 Å². The van der Waals surface area contributed by atoms with Gasteiger partial charge in [-0.15, -0.1) is 11.3 Å². The van der Waals surface area contributed by atoms with E-state index >= 15 is 0 Å². The van der Waals surface area contributed by atoms with E-state index in [9.17, 15) is 9.59 Å². The maximum absolute atomic E-state index is 13.1. The number of hydrogen-bond acceptors (Lipinski definition) is 8. The monoisotopic (exact) mass is 469 g/mol. The van der Waals surface area contributed by atoms with Gasteiger partial charge in [-0.1, -0.05) is 11.8 Å². The fourth-order valence-electron chi connectivity index (χ4n) is 3.37. The van der Waals surface area contributed by atoms with Crippen molar-refractivity contribution >= 4 is 44.9 Å². The summed E-state index contributed by atoms with van der Waals surface area (Å²) in [5, 5.41) is 3.90. The van der Waals surface area contributed by atoms with E-state index in [1.165, 1.54) is 23.1 Å². The van der Waals surface area contributed by atoms with E-state index in [1.54, 1.807) is 41.2 Å². The van der Waals surface area contributed by atoms with Crippen LogP contribution in [0.5, 0.6) is 11.5 Å². The molecule has 3 aromatic heterocycles. The second kappa shape index (κ2) is 8.71. The van der Waals surface area contributed by atoms with E-state index in [0.29, 0.717) is 51.5 Å². The van der Waals surface area contributed by atoms with Crippen LogP contribution >= 0.6 is 23.1 Å². The van der Waals surface area contributed by atoms with Gasteiger partial charge >= 0.3 is 0 Å². The number of hydrogen-bond donors (Lipinski definition) is 1. The Balaban J connectivity index is 1.36. The Morgan fingerprint density at radius 3 is 2.88 bits per heavy atom. The fourth-order valence-corrected chi connectivity index (χ4v) is 5.09. The second-order valence-electron chi connectivity index (χ2n) is 7.14. The lowest BCUT2D eigenvalue weighted by molar-refractivity contribution is -0.113. The van der Waals surface area contributed by atoms with Gasteiger partial charge in [0.25, 0.3) is 5.56 Å². The number of nitrogens with one attached hydrogen (secondary N) is 1. The number of benzene rings is 1. The van der Waals surface area contributed by atoms with Crippen LogP contribution in [0.15, 0.2) is 57.0 Å². The number of thiophene rings is 1. The van der Waals surface area contributed by atoms with Gasteiger partial charge in [0.2, 0.25) is 5.91 Å². The average Bonchev–Trinajstić information content (AvgIpc) is 3.43. The van der Waals surface area contributed by atoms with Crippen LogP contribution in [0.4, 0.5) is 5.69 Å². The Hall–Kier alpha value is -3.24. The fraction of sp³-hybridized carbons (Fsp3) is 0.227. The Morgan fingerprint density at radius 2 is 2.06 bits per heavy atom. The van der Waals surface area contributed by atoms with Crippen molar-refractivity contribution in [3.05, 3.63) is 63.7 Å². The van der Waals surface area contributed by atoms with Crippen LogP contribution in [0.1, 0.15) is 10.6 Å². The van der Waals surface area contributed by atoms with Crippen molar-refractivity contribution in [2.45, 2.75) is 18.6 Å². The number of carbonyl (C=O) groups is 1. The number of rotatable bonds is 6. The van der Waals surface area contributed by atoms with Crippen molar-refractivity contribution in [2.75, 3.05) is 24.3 Å². The van der Waals surface area contributed by atoms with Crippen molar-refractivity contribution in [3.63, 3.8) is 0 Å². The zero-order valence-corrected chi connectivity index (χ0v) is 18.8. The van der Waals surface area contributed by atoms with Gasteiger partial charge in [0.05, 0.1) is 23.9 Å². The molecule has 1 N–H and O–H groups in total. The maximum Gasteiger partial charge on any atom is 0.263 e. The first-order chi connectivity index (χ1) is 15.6. The number of ether oxygens (including phenoxy) is 2. The predicted molar refractivity (Wildman–Crippen MR) is 123 cm³/mol. The molecule has 10 heteroatoms. The molecule has 0 spiro atoms. The third-order valence-corrected chi connectivity index (χ3v) is 6.71. The minimum Gasteiger partial charge on any atom is -0.486 e. The van der Waals surface area contributed by atoms with Crippen molar-refractivity contribution in [1.82, 2.24) is 9.55 Å². The number of furan rings is 1. The summed E-state index contributed by atoms with van der Waals surface area (Å²) in [5.74, 6) is 1.79. The average molecular weight is 470 g/mol. The van der Waals surface area contributed by atoms with Crippen LogP contribution in [0.25, 0.3) is 10.2 Å². The molecule has 4 aromatic rings. The molecule has 32 heavy (non-hydrogen) atoms. The quantitative estimate of drug-likeness (QED) is 0.338. The van der Waals surface area contributed by atoms with Gasteiger partial charge in [0, 0.05) is 16.6 Å². The molecule has 5 rings (SSSR count). The van der Waals surface area contributed by atoms with Crippen molar-refractivity contribution in [2.24, 2.45) is 0 Å². The largest absolute Gasteiger partial charge is 0.486 e. The highest BCUT2D eigenvalue weighted by Gasteiger charge is 2.17. The number of anilines is 1. The third kappa shape index (κ3) is 4.23. The molecule has 164 valence electrons. The van der Waals surface area contributed by atoms with E-state index in [-0.39, 0.29) is 23.8 Å². The summed E-state index contributed by atoms with van der Waals surface area (Å²) in [4.78, 5) is 32.0. The summed E-state index contributed by atoms with van der Waals surface area (Å²) >= 11 is 2.67. The van der Waals surface area contributed by atoms with Crippen LogP contribution in [0.3, 0.4) is 0 Å². The standard InChI is InChI=1S/C22H19N3O5S2/c1-13-9-16-20(32-13)24-22(25(21(16)27)11-15-3-2-6-28-15)31-12-19(26)23-14-4-5-17-18(10-14)30-8-7-29-17/h2-6,9-10H,7-8,11-12H2,1H3,(H,23,26). The SMILES string of the molecule is Cc1cc2c(=O)n(Cc3ccco3)c(SCC(=O)Nc3ccc4c(c3)OCCO4)nc2s1. The number of aromatic nitrogens is 2. The smallest absolute Gasteiger partial charge is 0.263 e. The molecule has 1 aromatic carbocycles. The number of thioether (sulfide) groups is 1. The van der Waals surface area contributed by atoms with Gasteiger partial charge in [-0.2, -0.15) is 0 Å². The molecule has 0 radical (unpaired) electrons. The molecule has 4 heterocycles. The molecule has 0 atom stereocenters. The molecular formula is C22H19N3O5S2. The normalized spacial score (nSPS) is 12.8. The zero-order valence-electron chi connectivity index (χ0n) is 17.1. The van der Waals surface area contributed by atoms with Gasteiger partial charge in [-0.3, -0.25) is 14.2 Å². The molecule has 0 saturated heterocycles. The predicted octanol–water partition coefficient (Wildman–Crippen LogP) is 3.91. The molecule has 1 aliphatic heterocycles. The number of carbonyl (C=O) groups excluding carboxylic acids is 1. The third-order valence-electron chi connectivity index (χ3n) is 4.79. The summed E-state index contributed by atoms with van der Waals surface area (Å²) < 4.78 is 18.0. The number of fused-ring (bicyclic) bond motifs is 2. The van der Waals surface area contributed by atoms with E-state index < -0.39 is 0 Å². The van der Waals surface area contributed by atoms with Gasteiger partial charge in [-0.25, -0.2) is 4.98 Å². The molecule has 0 unspecified atom stereocenters. The van der Waals surface area contributed by atoms with E-state index in [2.05, 4.69) is 10.3 Å². The van der Waals surface area contributed by atoms with Gasteiger partial charge in [-0.05, 0) is 37.3 Å². The molecule has 0 bridgehead atoms. The first-order valence-electron chi connectivity index (χ1n) is 9.92. The number of aryl methyl sites for hydroxylation is 1. The number of nitrogens with zero attached hydrogens (tertiary/aromatic N) is 2. The topological polar surface area (TPSA) is 95.6 Å². The van der Waals surface area contributed by atoms with E-state index in [4.69, 9.17) is 13.9 Å². The summed E-state index contributed by atoms with van der Waals surface area (Å²) in [6, 6.07) is 10.7. The lowest BCUT2D eigenvalue weighted by Gasteiger charge is -2.19. The van der Waals surface area contributed by atoms with Gasteiger partial charge in [0.15, 0.2) is 16.7 Å². The lowest BCUT2D eigenvalue weighted by Crippen LogP contribution is -2.24. The zero-order chi connectivity index (χ0) is 22.1.